The van der Waals surface area contributed by atoms with Crippen LogP contribution in [0.5, 0.6) is 0 Å². The van der Waals surface area contributed by atoms with E-state index >= 15 is 0 Å². The third-order valence-corrected chi connectivity index (χ3v) is 3.31. The van der Waals surface area contributed by atoms with E-state index in [4.69, 9.17) is 9.26 Å². The van der Waals surface area contributed by atoms with Gasteiger partial charge in [-0.3, -0.25) is 9.59 Å². The molecule has 2 amide bonds. The Balaban J connectivity index is 1.80. The number of amides is 2. The largest absolute Gasteiger partial charge is 0.375 e. The molecule has 0 bridgehead atoms. The van der Waals surface area contributed by atoms with Gasteiger partial charge in [0.05, 0.1) is 0 Å². The zero-order chi connectivity index (χ0) is 14.5. The molecule has 1 fully saturated rings. The molecule has 7 heteroatoms. The van der Waals surface area contributed by atoms with Crippen LogP contribution in [0.2, 0.25) is 0 Å². The van der Waals surface area contributed by atoms with Gasteiger partial charge < -0.3 is 19.5 Å². The van der Waals surface area contributed by atoms with E-state index in [0.717, 1.165) is 12.8 Å². The van der Waals surface area contributed by atoms with Crippen LogP contribution in [-0.2, 0) is 9.53 Å². The summed E-state index contributed by atoms with van der Waals surface area (Å²) in [5, 5.41) is 6.59. The van der Waals surface area contributed by atoms with Crippen LogP contribution in [0, 0.1) is 6.92 Å². The number of carbonyl (C=O) groups is 2. The van der Waals surface area contributed by atoms with E-state index in [1.165, 1.54) is 7.11 Å². The smallest absolute Gasteiger partial charge is 0.273 e. The molecule has 0 saturated carbocycles. The first kappa shape index (κ1) is 14.5. The Hall–Kier alpha value is -1.89. The van der Waals surface area contributed by atoms with Crippen LogP contribution in [0.3, 0.4) is 0 Å². The van der Waals surface area contributed by atoms with E-state index < -0.39 is 0 Å². The average Bonchev–Trinajstić information content (AvgIpc) is 2.86. The molecule has 0 spiro atoms. The number of hydrogen-bond donors (Lipinski definition) is 1. The highest BCUT2D eigenvalue weighted by molar-refractivity contribution is 5.92. The molecular formula is C13H19N3O4. The number of carbonyl (C=O) groups excluding carboxylic acids is 2. The molecule has 1 aromatic rings. The Kier molecular flexibility index (Phi) is 4.73. The van der Waals surface area contributed by atoms with Gasteiger partial charge in [-0.15, -0.1) is 0 Å². The molecular weight excluding hydrogens is 262 g/mol. The SMILES string of the molecule is COCC(=O)N1CCC(NC(=O)c2cc(C)on2)CC1. The molecule has 0 unspecified atom stereocenters. The van der Waals surface area contributed by atoms with Gasteiger partial charge in [0, 0.05) is 32.3 Å². The van der Waals surface area contributed by atoms with Gasteiger partial charge in [-0.25, -0.2) is 0 Å². The summed E-state index contributed by atoms with van der Waals surface area (Å²) in [6.45, 7) is 3.11. The molecule has 1 aliphatic rings. The van der Waals surface area contributed by atoms with Crippen molar-refractivity contribution in [2.45, 2.75) is 25.8 Å². The molecule has 1 saturated heterocycles. The minimum absolute atomic E-state index is 0.00981. The predicted octanol–water partition coefficient (Wildman–Crippen LogP) is 0.350. The quantitative estimate of drug-likeness (QED) is 0.861. The molecule has 1 aromatic heterocycles. The molecule has 2 heterocycles. The summed E-state index contributed by atoms with van der Waals surface area (Å²) in [6.07, 6.45) is 1.47. The molecule has 1 aliphatic heterocycles. The van der Waals surface area contributed by atoms with E-state index in [0.29, 0.717) is 24.5 Å². The maximum Gasteiger partial charge on any atom is 0.273 e. The number of aromatic nitrogens is 1. The Labute approximate surface area is 117 Å². The minimum Gasteiger partial charge on any atom is -0.375 e. The summed E-state index contributed by atoms with van der Waals surface area (Å²) in [5.74, 6) is 0.364. The summed E-state index contributed by atoms with van der Waals surface area (Å²) in [5.41, 5.74) is 0.292. The van der Waals surface area contributed by atoms with Crippen LogP contribution in [0.25, 0.3) is 0 Å². The average molecular weight is 281 g/mol. The van der Waals surface area contributed by atoms with Gasteiger partial charge in [0.15, 0.2) is 5.69 Å². The monoisotopic (exact) mass is 281 g/mol. The van der Waals surface area contributed by atoms with Crippen molar-refractivity contribution in [2.24, 2.45) is 0 Å². The Morgan fingerprint density at radius 3 is 2.75 bits per heavy atom. The number of aryl methyl sites for hydroxylation is 1. The first-order valence-corrected chi connectivity index (χ1v) is 6.61. The van der Waals surface area contributed by atoms with Crippen LogP contribution >= 0.6 is 0 Å². The number of piperidine rings is 1. The lowest BCUT2D eigenvalue weighted by Crippen LogP contribution is -2.47. The summed E-state index contributed by atoms with van der Waals surface area (Å²) in [7, 11) is 1.50. The number of methoxy groups -OCH3 is 1. The molecule has 20 heavy (non-hydrogen) atoms. The van der Waals surface area contributed by atoms with Crippen LogP contribution in [0.4, 0.5) is 0 Å². The maximum atomic E-state index is 11.9. The fourth-order valence-corrected chi connectivity index (χ4v) is 2.22. The van der Waals surface area contributed by atoms with Gasteiger partial charge in [-0.05, 0) is 19.8 Å². The second-order valence-corrected chi connectivity index (χ2v) is 4.88. The summed E-state index contributed by atoms with van der Waals surface area (Å²) < 4.78 is 9.70. The third-order valence-electron chi connectivity index (χ3n) is 3.31. The van der Waals surface area contributed by atoms with Crippen LogP contribution in [0.15, 0.2) is 10.6 Å². The fraction of sp³-hybridized carbons (Fsp3) is 0.615. The van der Waals surface area contributed by atoms with Gasteiger partial charge in [0.25, 0.3) is 5.91 Å². The second kappa shape index (κ2) is 6.51. The lowest BCUT2D eigenvalue weighted by Gasteiger charge is -2.32. The van der Waals surface area contributed by atoms with Gasteiger partial charge in [-0.1, -0.05) is 5.16 Å². The van der Waals surface area contributed by atoms with Crippen molar-refractivity contribution in [3.05, 3.63) is 17.5 Å². The standard InChI is InChI=1S/C13H19N3O4/c1-9-7-11(15-20-9)13(18)14-10-3-5-16(6-4-10)12(17)8-19-2/h7,10H,3-6,8H2,1-2H3,(H,14,18). The highest BCUT2D eigenvalue weighted by Crippen LogP contribution is 2.11. The van der Waals surface area contributed by atoms with Gasteiger partial charge >= 0.3 is 0 Å². The number of ether oxygens (including phenoxy) is 1. The summed E-state index contributed by atoms with van der Waals surface area (Å²) in [6, 6.07) is 1.66. The summed E-state index contributed by atoms with van der Waals surface area (Å²) in [4.78, 5) is 25.3. The predicted molar refractivity (Wildman–Crippen MR) is 70.2 cm³/mol. The molecule has 1 N–H and O–H groups in total. The van der Waals surface area contributed by atoms with Crippen molar-refractivity contribution in [3.63, 3.8) is 0 Å². The third kappa shape index (κ3) is 3.57. The molecule has 0 aliphatic carbocycles. The van der Waals surface area contributed by atoms with Crippen molar-refractivity contribution < 1.29 is 18.8 Å². The first-order valence-electron chi connectivity index (χ1n) is 6.61. The van der Waals surface area contributed by atoms with E-state index in [1.54, 1.807) is 17.9 Å². The first-order chi connectivity index (χ1) is 9.60. The topological polar surface area (TPSA) is 84.7 Å². The van der Waals surface area contributed by atoms with E-state index in [-0.39, 0.29) is 24.5 Å². The van der Waals surface area contributed by atoms with Gasteiger partial charge in [0.1, 0.15) is 12.4 Å². The summed E-state index contributed by atoms with van der Waals surface area (Å²) >= 11 is 0. The minimum atomic E-state index is -0.233. The number of hydrogen-bond acceptors (Lipinski definition) is 5. The molecule has 2 rings (SSSR count). The number of likely N-dealkylation sites (tertiary alicyclic amines) is 1. The van der Waals surface area contributed by atoms with Crippen LogP contribution in [0.1, 0.15) is 29.1 Å². The van der Waals surface area contributed by atoms with Crippen molar-refractivity contribution in [1.29, 1.82) is 0 Å². The molecule has 0 aromatic carbocycles. The van der Waals surface area contributed by atoms with E-state index in [9.17, 15) is 9.59 Å². The normalized spacial score (nSPS) is 16.2. The van der Waals surface area contributed by atoms with E-state index in [1.807, 2.05) is 0 Å². The molecule has 7 nitrogen and oxygen atoms in total. The highest BCUT2D eigenvalue weighted by Gasteiger charge is 2.24. The van der Waals surface area contributed by atoms with E-state index in [2.05, 4.69) is 10.5 Å². The fourth-order valence-electron chi connectivity index (χ4n) is 2.22. The lowest BCUT2D eigenvalue weighted by atomic mass is 10.0. The Morgan fingerprint density at radius 2 is 2.20 bits per heavy atom. The number of rotatable bonds is 4. The molecule has 0 radical (unpaired) electrons. The van der Waals surface area contributed by atoms with Crippen molar-refractivity contribution in [2.75, 3.05) is 26.8 Å². The van der Waals surface area contributed by atoms with Gasteiger partial charge in [0.2, 0.25) is 5.91 Å². The van der Waals surface area contributed by atoms with Crippen molar-refractivity contribution >= 4 is 11.8 Å². The Bertz CT molecular complexity index is 478. The molecule has 110 valence electrons. The molecule has 0 atom stereocenters. The van der Waals surface area contributed by atoms with Crippen molar-refractivity contribution in [3.8, 4) is 0 Å². The van der Waals surface area contributed by atoms with Crippen molar-refractivity contribution in [1.82, 2.24) is 15.4 Å². The lowest BCUT2D eigenvalue weighted by molar-refractivity contribution is -0.136. The zero-order valence-electron chi connectivity index (χ0n) is 11.7. The second-order valence-electron chi connectivity index (χ2n) is 4.88. The highest BCUT2D eigenvalue weighted by atomic mass is 16.5. The number of nitrogens with zero attached hydrogens (tertiary/aromatic N) is 2. The van der Waals surface area contributed by atoms with Crippen LogP contribution < -0.4 is 5.32 Å². The maximum absolute atomic E-state index is 11.9. The number of nitrogens with one attached hydrogen (secondary N) is 1. The van der Waals surface area contributed by atoms with Gasteiger partial charge in [-0.2, -0.15) is 0 Å². The van der Waals surface area contributed by atoms with Crippen LogP contribution in [-0.4, -0.2) is 54.7 Å². The zero-order valence-corrected chi connectivity index (χ0v) is 11.7. The Morgan fingerprint density at radius 1 is 1.50 bits per heavy atom.